The standard InChI is InChI=1S/C17H17N3O/c1-11-7-8-14-13(9-11)19-17(20(14)2)16-10-18-12-5-3-4-6-15(12)21-16/h3-9,16,18H,10H2,1-2H3. The summed E-state index contributed by atoms with van der Waals surface area (Å²) in [6.45, 7) is 2.82. The minimum Gasteiger partial charge on any atom is -0.478 e. The number of rotatable bonds is 1. The average Bonchev–Trinajstić information content (AvgIpc) is 2.83. The maximum atomic E-state index is 6.11. The molecule has 2 aromatic carbocycles. The number of hydrogen-bond acceptors (Lipinski definition) is 3. The SMILES string of the molecule is Cc1ccc2c(c1)nc(C1CNc3ccccc3O1)n2C. The molecule has 0 spiro atoms. The fourth-order valence-corrected chi connectivity index (χ4v) is 2.87. The predicted octanol–water partition coefficient (Wildman–Crippen LogP) is 3.43. The second kappa shape index (κ2) is 4.52. The van der Waals surface area contributed by atoms with E-state index in [9.17, 15) is 0 Å². The van der Waals surface area contributed by atoms with Gasteiger partial charge in [0, 0.05) is 7.05 Å². The minimum atomic E-state index is -0.0717. The average molecular weight is 279 g/mol. The topological polar surface area (TPSA) is 39.1 Å². The van der Waals surface area contributed by atoms with Gasteiger partial charge < -0.3 is 14.6 Å². The highest BCUT2D eigenvalue weighted by atomic mass is 16.5. The lowest BCUT2D eigenvalue weighted by Crippen LogP contribution is -2.25. The number of nitrogens with one attached hydrogen (secondary N) is 1. The largest absolute Gasteiger partial charge is 0.478 e. The first-order valence-corrected chi connectivity index (χ1v) is 7.15. The van der Waals surface area contributed by atoms with Gasteiger partial charge in [-0.15, -0.1) is 0 Å². The van der Waals surface area contributed by atoms with Crippen molar-refractivity contribution in [1.29, 1.82) is 0 Å². The van der Waals surface area contributed by atoms with E-state index >= 15 is 0 Å². The molecule has 1 aliphatic heterocycles. The van der Waals surface area contributed by atoms with Gasteiger partial charge in [-0.25, -0.2) is 4.98 Å². The normalized spacial score (nSPS) is 17.1. The highest BCUT2D eigenvalue weighted by Gasteiger charge is 2.25. The van der Waals surface area contributed by atoms with Crippen molar-refractivity contribution in [2.45, 2.75) is 13.0 Å². The maximum absolute atomic E-state index is 6.11. The van der Waals surface area contributed by atoms with Crippen LogP contribution in [-0.4, -0.2) is 16.1 Å². The van der Waals surface area contributed by atoms with Crippen LogP contribution < -0.4 is 10.1 Å². The van der Waals surface area contributed by atoms with Gasteiger partial charge in [0.05, 0.1) is 23.3 Å². The van der Waals surface area contributed by atoms with Gasteiger partial charge >= 0.3 is 0 Å². The van der Waals surface area contributed by atoms with E-state index in [4.69, 9.17) is 9.72 Å². The number of hydrogen-bond donors (Lipinski definition) is 1. The van der Waals surface area contributed by atoms with E-state index in [1.54, 1.807) is 0 Å². The van der Waals surface area contributed by atoms with Gasteiger partial charge in [0.15, 0.2) is 11.9 Å². The summed E-state index contributed by atoms with van der Waals surface area (Å²) in [5.74, 6) is 1.84. The highest BCUT2D eigenvalue weighted by Crippen LogP contribution is 2.34. The Kier molecular flexibility index (Phi) is 2.64. The zero-order chi connectivity index (χ0) is 14.4. The monoisotopic (exact) mass is 279 g/mol. The summed E-state index contributed by atoms with van der Waals surface area (Å²) < 4.78 is 8.23. The van der Waals surface area contributed by atoms with E-state index in [1.807, 2.05) is 31.3 Å². The van der Waals surface area contributed by atoms with E-state index in [2.05, 4.69) is 35.0 Å². The van der Waals surface area contributed by atoms with Crippen molar-refractivity contribution in [3.05, 3.63) is 53.9 Å². The van der Waals surface area contributed by atoms with Gasteiger partial charge in [0.1, 0.15) is 5.75 Å². The number of aryl methyl sites for hydroxylation is 2. The van der Waals surface area contributed by atoms with Crippen molar-refractivity contribution in [2.24, 2.45) is 7.05 Å². The van der Waals surface area contributed by atoms with E-state index in [-0.39, 0.29) is 6.10 Å². The number of fused-ring (bicyclic) bond motifs is 2. The smallest absolute Gasteiger partial charge is 0.173 e. The summed E-state index contributed by atoms with van der Waals surface area (Å²) in [6.07, 6.45) is -0.0717. The molecular weight excluding hydrogens is 262 g/mol. The first-order chi connectivity index (χ1) is 10.2. The quantitative estimate of drug-likeness (QED) is 0.741. The number of anilines is 1. The number of aromatic nitrogens is 2. The van der Waals surface area contributed by atoms with Gasteiger partial charge in [-0.05, 0) is 36.8 Å². The van der Waals surface area contributed by atoms with Crippen LogP contribution in [-0.2, 0) is 7.05 Å². The van der Waals surface area contributed by atoms with Crippen molar-refractivity contribution < 1.29 is 4.74 Å². The molecule has 4 nitrogen and oxygen atoms in total. The second-order valence-electron chi connectivity index (χ2n) is 5.50. The number of para-hydroxylation sites is 2. The van der Waals surface area contributed by atoms with Gasteiger partial charge in [-0.3, -0.25) is 0 Å². The summed E-state index contributed by atoms with van der Waals surface area (Å²) in [5, 5.41) is 3.42. The molecule has 0 saturated heterocycles. The summed E-state index contributed by atoms with van der Waals surface area (Å²) in [7, 11) is 2.05. The van der Waals surface area contributed by atoms with Crippen molar-refractivity contribution in [2.75, 3.05) is 11.9 Å². The summed E-state index contributed by atoms with van der Waals surface area (Å²) >= 11 is 0. The number of imidazole rings is 1. The van der Waals surface area contributed by atoms with Gasteiger partial charge in [0.2, 0.25) is 0 Å². The van der Waals surface area contributed by atoms with E-state index in [0.29, 0.717) is 0 Å². The Bertz CT molecular complexity index is 822. The molecular formula is C17H17N3O. The van der Waals surface area contributed by atoms with Crippen LogP contribution in [0.2, 0.25) is 0 Å². The summed E-state index contributed by atoms with van der Waals surface area (Å²) in [4.78, 5) is 4.77. The Morgan fingerprint density at radius 3 is 3.00 bits per heavy atom. The first kappa shape index (κ1) is 12.3. The van der Waals surface area contributed by atoms with Gasteiger partial charge in [0.25, 0.3) is 0 Å². The van der Waals surface area contributed by atoms with Crippen molar-refractivity contribution in [3.63, 3.8) is 0 Å². The molecule has 0 radical (unpaired) electrons. The molecule has 0 saturated carbocycles. The molecule has 106 valence electrons. The van der Waals surface area contributed by atoms with Crippen LogP contribution in [0.1, 0.15) is 17.5 Å². The predicted molar refractivity (Wildman–Crippen MR) is 83.8 cm³/mol. The molecule has 0 amide bonds. The van der Waals surface area contributed by atoms with Crippen LogP contribution in [0.4, 0.5) is 5.69 Å². The Balaban J connectivity index is 1.76. The third-order valence-electron chi connectivity index (χ3n) is 3.99. The first-order valence-electron chi connectivity index (χ1n) is 7.15. The Morgan fingerprint density at radius 2 is 2.10 bits per heavy atom. The Hall–Kier alpha value is -2.49. The molecule has 4 heteroatoms. The maximum Gasteiger partial charge on any atom is 0.173 e. The van der Waals surface area contributed by atoms with Crippen molar-refractivity contribution in [1.82, 2.24) is 9.55 Å². The van der Waals surface area contributed by atoms with Crippen LogP contribution in [0.5, 0.6) is 5.75 Å². The van der Waals surface area contributed by atoms with E-state index < -0.39 is 0 Å². The molecule has 1 aliphatic rings. The van der Waals surface area contributed by atoms with E-state index in [1.165, 1.54) is 5.56 Å². The summed E-state index contributed by atoms with van der Waals surface area (Å²) in [5.41, 5.74) is 4.43. The molecule has 1 N–H and O–H groups in total. The molecule has 0 aliphatic carbocycles. The fraction of sp³-hybridized carbons (Fsp3) is 0.235. The fourth-order valence-electron chi connectivity index (χ4n) is 2.87. The number of benzene rings is 2. The molecule has 2 heterocycles. The molecule has 21 heavy (non-hydrogen) atoms. The van der Waals surface area contributed by atoms with Crippen LogP contribution in [0.25, 0.3) is 11.0 Å². The molecule has 3 aromatic rings. The number of nitrogens with zero attached hydrogens (tertiary/aromatic N) is 2. The molecule has 0 fully saturated rings. The molecule has 1 atom stereocenters. The van der Waals surface area contributed by atoms with Crippen LogP contribution in [0.15, 0.2) is 42.5 Å². The number of ether oxygens (including phenoxy) is 1. The van der Waals surface area contributed by atoms with Gasteiger partial charge in [-0.1, -0.05) is 18.2 Å². The molecule has 1 aromatic heterocycles. The van der Waals surface area contributed by atoms with Crippen LogP contribution in [0.3, 0.4) is 0 Å². The lowest BCUT2D eigenvalue weighted by Gasteiger charge is -2.26. The highest BCUT2D eigenvalue weighted by molar-refractivity contribution is 5.77. The third kappa shape index (κ3) is 1.95. The Morgan fingerprint density at radius 1 is 1.24 bits per heavy atom. The Labute approximate surface area is 123 Å². The third-order valence-corrected chi connectivity index (χ3v) is 3.99. The molecule has 0 bridgehead atoms. The minimum absolute atomic E-state index is 0.0717. The van der Waals surface area contributed by atoms with Gasteiger partial charge in [-0.2, -0.15) is 0 Å². The van der Waals surface area contributed by atoms with Crippen LogP contribution >= 0.6 is 0 Å². The van der Waals surface area contributed by atoms with Crippen LogP contribution in [0, 0.1) is 6.92 Å². The zero-order valence-electron chi connectivity index (χ0n) is 12.1. The van der Waals surface area contributed by atoms with Crippen molar-refractivity contribution in [3.8, 4) is 5.75 Å². The lowest BCUT2D eigenvalue weighted by molar-refractivity contribution is 0.197. The molecule has 1 unspecified atom stereocenters. The van der Waals surface area contributed by atoms with E-state index in [0.717, 1.165) is 34.8 Å². The summed E-state index contributed by atoms with van der Waals surface area (Å²) in [6, 6.07) is 14.4. The molecule has 4 rings (SSSR count). The second-order valence-corrected chi connectivity index (χ2v) is 5.50. The van der Waals surface area contributed by atoms with Crippen molar-refractivity contribution >= 4 is 16.7 Å². The zero-order valence-corrected chi connectivity index (χ0v) is 12.1. The lowest BCUT2D eigenvalue weighted by atomic mass is 10.2.